The quantitative estimate of drug-likeness (QED) is 0.0900. The predicted molar refractivity (Wildman–Crippen MR) is 187 cm³/mol. The fourth-order valence-electron chi connectivity index (χ4n) is 3.87. The van der Waals surface area contributed by atoms with Crippen molar-refractivity contribution in [2.24, 2.45) is 0 Å². The van der Waals surface area contributed by atoms with Crippen LogP contribution in [0, 0.1) is 0 Å². The van der Waals surface area contributed by atoms with Crippen molar-refractivity contribution in [1.29, 1.82) is 0 Å². The monoisotopic (exact) mass is 758 g/mol. The normalized spacial score (nSPS) is 18.2. The Hall–Kier alpha value is -5.38. The number of hydrogen-bond acceptors (Lipinski definition) is 10. The van der Waals surface area contributed by atoms with Gasteiger partial charge in [-0.05, 0) is 72.9 Å². The van der Waals surface area contributed by atoms with E-state index in [1.54, 1.807) is 73.4 Å². The van der Waals surface area contributed by atoms with Gasteiger partial charge in [0.25, 0.3) is 0 Å². The minimum Gasteiger partial charge on any atom is -0.508 e. The van der Waals surface area contributed by atoms with Crippen LogP contribution in [0.4, 0.5) is 0 Å². The van der Waals surface area contributed by atoms with Gasteiger partial charge < -0.3 is 31.5 Å². The summed E-state index contributed by atoms with van der Waals surface area (Å²) in [5.74, 6) is 0.338. The molecule has 0 unspecified atom stereocenters. The van der Waals surface area contributed by atoms with Crippen molar-refractivity contribution in [2.45, 2.75) is 0 Å². The third-order valence-corrected chi connectivity index (χ3v) is 6.38. The SMILES string of the molecule is O=C1C=CC=CC1=CNCCNC=C1C=CC=CC1=O.O=C1C=CC=CC1=CNCCNC=C1C=CC=CC1=O.Oc1ccc(O)cc1.[Fe].[Fe]. The largest absolute Gasteiger partial charge is 0.508 e. The van der Waals surface area contributed by atoms with Gasteiger partial charge in [-0.1, -0.05) is 48.6 Å². The third kappa shape index (κ3) is 16.6. The Morgan fingerprint density at radius 3 is 0.780 bits per heavy atom. The maximum absolute atomic E-state index is 11.4. The number of rotatable bonds is 10. The van der Waals surface area contributed by atoms with Crippen molar-refractivity contribution in [3.05, 3.63) is 169 Å². The van der Waals surface area contributed by atoms with Gasteiger partial charge in [-0.15, -0.1) is 0 Å². The van der Waals surface area contributed by atoms with Crippen molar-refractivity contribution in [2.75, 3.05) is 26.2 Å². The minimum absolute atomic E-state index is 0. The Labute approximate surface area is 312 Å². The number of carbonyl (C=O) groups is 4. The Bertz CT molecular complexity index is 1480. The number of phenolic OH excluding ortho intramolecular Hbond substituents is 2. The van der Waals surface area contributed by atoms with E-state index in [9.17, 15) is 19.2 Å². The second kappa shape index (κ2) is 24.7. The van der Waals surface area contributed by atoms with E-state index in [0.717, 1.165) is 0 Å². The van der Waals surface area contributed by atoms with E-state index in [1.165, 1.54) is 48.6 Å². The summed E-state index contributed by atoms with van der Waals surface area (Å²) in [5.41, 5.74) is 2.56. The molecule has 12 heteroatoms. The summed E-state index contributed by atoms with van der Waals surface area (Å²) in [7, 11) is 0. The summed E-state index contributed by atoms with van der Waals surface area (Å²) in [6, 6.07) is 5.70. The molecular formula is C38H38Fe2N4O6. The van der Waals surface area contributed by atoms with Gasteiger partial charge in [0.05, 0.1) is 0 Å². The average Bonchev–Trinajstić information content (AvgIpc) is 3.09. The second-order valence-electron chi connectivity index (χ2n) is 10.1. The van der Waals surface area contributed by atoms with Gasteiger partial charge >= 0.3 is 0 Å². The van der Waals surface area contributed by atoms with Crippen LogP contribution in [-0.2, 0) is 53.3 Å². The number of ketones is 4. The Morgan fingerprint density at radius 1 is 0.380 bits per heavy atom. The van der Waals surface area contributed by atoms with E-state index < -0.39 is 0 Å². The van der Waals surface area contributed by atoms with E-state index in [2.05, 4.69) is 21.3 Å². The van der Waals surface area contributed by atoms with Crippen molar-refractivity contribution in [3.8, 4) is 11.5 Å². The molecule has 0 saturated heterocycles. The molecule has 0 aromatic heterocycles. The average molecular weight is 758 g/mol. The van der Waals surface area contributed by atoms with Crippen LogP contribution >= 0.6 is 0 Å². The zero-order valence-electron chi connectivity index (χ0n) is 26.9. The molecular weight excluding hydrogens is 720 g/mol. The zero-order chi connectivity index (χ0) is 34.4. The Balaban J connectivity index is 0.000000398. The molecule has 0 aliphatic heterocycles. The number of aromatic hydroxyl groups is 2. The van der Waals surface area contributed by atoms with E-state index in [0.29, 0.717) is 48.5 Å². The van der Waals surface area contributed by atoms with Crippen LogP contribution in [0.1, 0.15) is 0 Å². The summed E-state index contributed by atoms with van der Waals surface area (Å²) >= 11 is 0. The predicted octanol–water partition coefficient (Wildman–Crippen LogP) is 3.74. The number of phenols is 2. The topological polar surface area (TPSA) is 157 Å². The van der Waals surface area contributed by atoms with Gasteiger partial charge in [0.15, 0.2) is 23.1 Å². The van der Waals surface area contributed by atoms with Gasteiger partial charge in [0.2, 0.25) is 0 Å². The first kappa shape index (κ1) is 42.6. The molecule has 0 fully saturated rings. The van der Waals surface area contributed by atoms with Gasteiger partial charge in [-0.2, -0.15) is 0 Å². The standard InChI is InChI=1S/2C16H16N2O2.C6H6O2.2Fe/c2*19-15-7-3-1-5-13(15)11-17-9-10-18-12-14-6-2-4-8-16(14)20;7-5-1-2-6(8)4-3-5;;/h2*1-8,11-12,17-18H,9-10H2;1-4,7-8H;;. The summed E-state index contributed by atoms with van der Waals surface area (Å²) in [6.45, 7) is 2.63. The molecule has 262 valence electrons. The number of allylic oxidation sites excluding steroid dienone is 20. The summed E-state index contributed by atoms with van der Waals surface area (Å²) in [5, 5.41) is 29.5. The van der Waals surface area contributed by atoms with Crippen LogP contribution in [0.25, 0.3) is 0 Å². The molecule has 5 rings (SSSR count). The molecule has 4 aliphatic rings. The van der Waals surface area contributed by atoms with E-state index in [-0.39, 0.29) is 68.8 Å². The van der Waals surface area contributed by atoms with Gasteiger partial charge in [-0.3, -0.25) is 19.2 Å². The number of hydrogen-bond donors (Lipinski definition) is 6. The van der Waals surface area contributed by atoms with E-state index >= 15 is 0 Å². The zero-order valence-corrected chi connectivity index (χ0v) is 29.1. The summed E-state index contributed by atoms with van der Waals surface area (Å²) < 4.78 is 0. The van der Waals surface area contributed by atoms with Crippen molar-refractivity contribution < 1.29 is 63.5 Å². The molecule has 0 heterocycles. The Kier molecular flexibility index (Phi) is 21.1. The van der Waals surface area contributed by atoms with Crippen LogP contribution < -0.4 is 21.3 Å². The maximum Gasteiger partial charge on any atom is 0.187 e. The molecule has 0 spiro atoms. The van der Waals surface area contributed by atoms with E-state index in [4.69, 9.17) is 10.2 Å². The smallest absolute Gasteiger partial charge is 0.187 e. The minimum atomic E-state index is -0.000182. The van der Waals surface area contributed by atoms with Crippen LogP contribution in [0.3, 0.4) is 0 Å². The summed E-state index contributed by atoms with van der Waals surface area (Å²) in [6.07, 6.45) is 34.2. The first-order valence-corrected chi connectivity index (χ1v) is 15.1. The number of benzene rings is 1. The van der Waals surface area contributed by atoms with Gasteiger partial charge in [0, 0.05) is 107 Å². The molecule has 4 aliphatic carbocycles. The fraction of sp³-hybridized carbons (Fsp3) is 0.105. The molecule has 0 atom stereocenters. The van der Waals surface area contributed by atoms with Crippen molar-refractivity contribution in [1.82, 2.24) is 21.3 Å². The van der Waals surface area contributed by atoms with Crippen LogP contribution in [-0.4, -0.2) is 59.5 Å². The molecule has 0 radical (unpaired) electrons. The van der Waals surface area contributed by atoms with Crippen LogP contribution in [0.2, 0.25) is 0 Å². The molecule has 0 amide bonds. The van der Waals surface area contributed by atoms with E-state index in [1.807, 2.05) is 24.3 Å². The third-order valence-electron chi connectivity index (χ3n) is 6.38. The van der Waals surface area contributed by atoms with Crippen LogP contribution in [0.5, 0.6) is 11.5 Å². The summed E-state index contributed by atoms with van der Waals surface area (Å²) in [4.78, 5) is 45.7. The molecule has 10 nitrogen and oxygen atoms in total. The molecule has 0 bridgehead atoms. The molecule has 50 heavy (non-hydrogen) atoms. The molecule has 0 saturated carbocycles. The van der Waals surface area contributed by atoms with Crippen molar-refractivity contribution >= 4 is 23.1 Å². The molecule has 1 aromatic carbocycles. The van der Waals surface area contributed by atoms with Crippen molar-refractivity contribution in [3.63, 3.8) is 0 Å². The number of nitrogens with one attached hydrogen (secondary N) is 4. The second-order valence-corrected chi connectivity index (χ2v) is 10.1. The first-order valence-electron chi connectivity index (χ1n) is 15.1. The Morgan fingerprint density at radius 2 is 0.580 bits per heavy atom. The van der Waals surface area contributed by atoms with Gasteiger partial charge in [-0.25, -0.2) is 0 Å². The van der Waals surface area contributed by atoms with Gasteiger partial charge in [0.1, 0.15) is 11.5 Å². The first-order chi connectivity index (χ1) is 23.3. The molecule has 6 N–H and O–H groups in total. The molecule has 1 aromatic rings. The van der Waals surface area contributed by atoms with Crippen LogP contribution in [0.15, 0.2) is 169 Å². The fourth-order valence-corrected chi connectivity index (χ4v) is 3.87. The number of carbonyl (C=O) groups excluding carboxylic acids is 4. The maximum atomic E-state index is 11.4.